The van der Waals surface area contributed by atoms with E-state index in [0.717, 1.165) is 23.8 Å². The molecule has 19 heavy (non-hydrogen) atoms. The number of Topliss-reactive ketones (excluding diaryl/α,β-unsaturated/α-hetero) is 1. The van der Waals surface area contributed by atoms with Gasteiger partial charge in [-0.05, 0) is 25.2 Å². The van der Waals surface area contributed by atoms with Gasteiger partial charge in [-0.15, -0.1) is 0 Å². The fraction of sp³-hybridized carbons (Fsp3) is 0.500. The molecule has 0 radical (unpaired) electrons. The summed E-state index contributed by atoms with van der Waals surface area (Å²) in [4.78, 5) is 14.7. The van der Waals surface area contributed by atoms with E-state index in [2.05, 4.69) is 4.90 Å². The van der Waals surface area contributed by atoms with Crippen LogP contribution in [0, 0.1) is 0 Å². The number of hydrogen-bond acceptors (Lipinski definition) is 5. The highest BCUT2D eigenvalue weighted by molar-refractivity contribution is 7.99. The SMILES string of the molecule is CN1CCSCC1C(=O)c1ccc2c(c1)OCCO2. The van der Waals surface area contributed by atoms with Crippen LogP contribution in [0.1, 0.15) is 10.4 Å². The molecular weight excluding hydrogens is 262 g/mol. The minimum absolute atomic E-state index is 0.0266. The number of nitrogens with zero attached hydrogens (tertiary/aromatic N) is 1. The first-order valence-corrected chi connectivity index (χ1v) is 7.63. The number of rotatable bonds is 2. The van der Waals surface area contributed by atoms with Crippen LogP contribution >= 0.6 is 11.8 Å². The van der Waals surface area contributed by atoms with Crippen molar-refractivity contribution in [3.05, 3.63) is 23.8 Å². The van der Waals surface area contributed by atoms with Crippen molar-refractivity contribution in [3.8, 4) is 11.5 Å². The molecule has 2 aliphatic heterocycles. The molecule has 0 aromatic heterocycles. The van der Waals surface area contributed by atoms with E-state index in [1.165, 1.54) is 0 Å². The molecule has 2 heterocycles. The quantitative estimate of drug-likeness (QED) is 0.770. The zero-order chi connectivity index (χ0) is 13.2. The summed E-state index contributed by atoms with van der Waals surface area (Å²) in [6.45, 7) is 2.08. The second kappa shape index (κ2) is 5.43. The lowest BCUT2D eigenvalue weighted by molar-refractivity contribution is 0.0873. The van der Waals surface area contributed by atoms with Crippen molar-refractivity contribution >= 4 is 17.5 Å². The van der Waals surface area contributed by atoms with Crippen molar-refractivity contribution < 1.29 is 14.3 Å². The largest absolute Gasteiger partial charge is 0.486 e. The predicted octanol–water partition coefficient (Wildman–Crippen LogP) is 1.69. The van der Waals surface area contributed by atoms with Crippen LogP contribution in [-0.4, -0.2) is 55.0 Å². The molecule has 1 fully saturated rings. The van der Waals surface area contributed by atoms with Crippen LogP contribution in [0.3, 0.4) is 0 Å². The smallest absolute Gasteiger partial charge is 0.180 e. The molecule has 1 aromatic carbocycles. The van der Waals surface area contributed by atoms with Crippen molar-refractivity contribution in [2.24, 2.45) is 0 Å². The van der Waals surface area contributed by atoms with E-state index in [1.54, 1.807) is 0 Å². The average molecular weight is 279 g/mol. The van der Waals surface area contributed by atoms with Gasteiger partial charge in [-0.2, -0.15) is 11.8 Å². The maximum absolute atomic E-state index is 12.5. The molecule has 0 spiro atoms. The third-order valence-corrected chi connectivity index (χ3v) is 4.55. The summed E-state index contributed by atoms with van der Waals surface area (Å²) < 4.78 is 11.0. The molecule has 1 aromatic rings. The Hall–Kier alpha value is -1.20. The zero-order valence-electron chi connectivity index (χ0n) is 10.9. The van der Waals surface area contributed by atoms with E-state index < -0.39 is 0 Å². The zero-order valence-corrected chi connectivity index (χ0v) is 11.7. The molecule has 1 atom stereocenters. The van der Waals surface area contributed by atoms with Crippen LogP contribution in [-0.2, 0) is 0 Å². The first kappa shape index (κ1) is 12.8. The molecular formula is C14H17NO3S. The van der Waals surface area contributed by atoms with Crippen molar-refractivity contribution in [1.82, 2.24) is 4.90 Å². The number of likely N-dealkylation sites (N-methyl/N-ethyl adjacent to an activating group) is 1. The summed E-state index contributed by atoms with van der Waals surface area (Å²) >= 11 is 1.84. The monoisotopic (exact) mass is 279 g/mol. The van der Waals surface area contributed by atoms with Gasteiger partial charge in [0.1, 0.15) is 13.2 Å². The summed E-state index contributed by atoms with van der Waals surface area (Å²) in [6, 6.07) is 5.45. The van der Waals surface area contributed by atoms with Gasteiger partial charge in [-0.3, -0.25) is 9.69 Å². The van der Waals surface area contributed by atoms with E-state index in [4.69, 9.17) is 9.47 Å². The van der Waals surface area contributed by atoms with Gasteiger partial charge in [-0.25, -0.2) is 0 Å². The van der Waals surface area contributed by atoms with E-state index in [1.807, 2.05) is 37.0 Å². The van der Waals surface area contributed by atoms with Gasteiger partial charge in [0.25, 0.3) is 0 Å². The molecule has 5 heteroatoms. The molecule has 1 saturated heterocycles. The topological polar surface area (TPSA) is 38.8 Å². The van der Waals surface area contributed by atoms with Crippen LogP contribution in [0.25, 0.3) is 0 Å². The molecule has 0 bridgehead atoms. The third kappa shape index (κ3) is 2.58. The number of fused-ring (bicyclic) bond motifs is 1. The molecule has 0 N–H and O–H groups in total. The molecule has 102 valence electrons. The Labute approximate surface area is 117 Å². The van der Waals surface area contributed by atoms with Crippen molar-refractivity contribution in [2.45, 2.75) is 6.04 Å². The average Bonchev–Trinajstić information content (AvgIpc) is 2.46. The summed E-state index contributed by atoms with van der Waals surface area (Å²) in [5, 5.41) is 0. The van der Waals surface area contributed by atoms with E-state index in [9.17, 15) is 4.79 Å². The maximum Gasteiger partial charge on any atom is 0.180 e. The normalized spacial score (nSPS) is 23.1. The first-order valence-electron chi connectivity index (χ1n) is 6.47. The van der Waals surface area contributed by atoms with Crippen molar-refractivity contribution in [3.63, 3.8) is 0 Å². The molecule has 3 rings (SSSR count). The van der Waals surface area contributed by atoms with Crippen LogP contribution < -0.4 is 9.47 Å². The minimum atomic E-state index is -0.0266. The summed E-state index contributed by atoms with van der Waals surface area (Å²) in [6.07, 6.45) is 0. The van der Waals surface area contributed by atoms with Gasteiger partial charge in [0.15, 0.2) is 17.3 Å². The van der Waals surface area contributed by atoms with Crippen LogP contribution in [0.15, 0.2) is 18.2 Å². The summed E-state index contributed by atoms with van der Waals surface area (Å²) in [5.41, 5.74) is 0.712. The minimum Gasteiger partial charge on any atom is -0.486 e. The Balaban J connectivity index is 1.83. The Morgan fingerprint density at radius 3 is 2.89 bits per heavy atom. The summed E-state index contributed by atoms with van der Waals surface area (Å²) in [7, 11) is 2.01. The number of benzene rings is 1. The van der Waals surface area contributed by atoms with Crippen LogP contribution in [0.5, 0.6) is 11.5 Å². The number of carbonyl (C=O) groups is 1. The molecule has 0 amide bonds. The Morgan fingerprint density at radius 1 is 1.32 bits per heavy atom. The van der Waals surface area contributed by atoms with E-state index in [0.29, 0.717) is 24.5 Å². The van der Waals surface area contributed by atoms with Gasteiger partial charge in [0, 0.05) is 23.6 Å². The van der Waals surface area contributed by atoms with E-state index in [-0.39, 0.29) is 11.8 Å². The van der Waals surface area contributed by atoms with Gasteiger partial charge >= 0.3 is 0 Å². The number of thioether (sulfide) groups is 1. The molecule has 2 aliphatic rings. The van der Waals surface area contributed by atoms with Gasteiger partial charge in [0.2, 0.25) is 0 Å². The fourth-order valence-corrected chi connectivity index (χ4v) is 3.56. The number of carbonyl (C=O) groups excluding carboxylic acids is 1. The molecule has 4 nitrogen and oxygen atoms in total. The first-order chi connectivity index (χ1) is 9.25. The predicted molar refractivity (Wildman–Crippen MR) is 75.5 cm³/mol. The van der Waals surface area contributed by atoms with Gasteiger partial charge in [0.05, 0.1) is 6.04 Å². The highest BCUT2D eigenvalue weighted by Gasteiger charge is 2.28. The lowest BCUT2D eigenvalue weighted by Gasteiger charge is -2.31. The number of ether oxygens (including phenoxy) is 2. The van der Waals surface area contributed by atoms with Gasteiger partial charge < -0.3 is 9.47 Å². The number of ketones is 1. The fourth-order valence-electron chi connectivity index (χ4n) is 2.35. The molecule has 1 unspecified atom stereocenters. The van der Waals surface area contributed by atoms with Crippen molar-refractivity contribution in [2.75, 3.05) is 38.3 Å². The van der Waals surface area contributed by atoms with Crippen LogP contribution in [0.4, 0.5) is 0 Å². The standard InChI is InChI=1S/C14H17NO3S/c1-15-4-7-19-9-11(15)14(16)10-2-3-12-13(8-10)18-6-5-17-12/h2-3,8,11H,4-7,9H2,1H3. The number of hydrogen-bond donors (Lipinski definition) is 0. The maximum atomic E-state index is 12.5. The third-order valence-electron chi connectivity index (χ3n) is 3.53. The van der Waals surface area contributed by atoms with Crippen LogP contribution in [0.2, 0.25) is 0 Å². The summed E-state index contributed by atoms with van der Waals surface area (Å²) in [5.74, 6) is 3.55. The molecule has 0 saturated carbocycles. The van der Waals surface area contributed by atoms with Crippen molar-refractivity contribution in [1.29, 1.82) is 0 Å². The van der Waals surface area contributed by atoms with E-state index >= 15 is 0 Å². The Kier molecular flexibility index (Phi) is 3.66. The lowest BCUT2D eigenvalue weighted by atomic mass is 10.0. The second-order valence-corrected chi connectivity index (χ2v) is 5.94. The molecule has 0 aliphatic carbocycles. The Bertz CT molecular complexity index is 492. The Morgan fingerprint density at radius 2 is 2.11 bits per heavy atom. The highest BCUT2D eigenvalue weighted by atomic mass is 32.2. The van der Waals surface area contributed by atoms with Gasteiger partial charge in [-0.1, -0.05) is 0 Å². The highest BCUT2D eigenvalue weighted by Crippen LogP contribution is 2.31. The second-order valence-electron chi connectivity index (χ2n) is 4.79. The lowest BCUT2D eigenvalue weighted by Crippen LogP contribution is -2.44.